The maximum Gasteiger partial charge on any atom is 0.0727 e. The van der Waals surface area contributed by atoms with E-state index in [4.69, 9.17) is 4.99 Å². The van der Waals surface area contributed by atoms with Crippen LogP contribution in [0, 0.1) is 0 Å². The van der Waals surface area contributed by atoms with E-state index < -0.39 is 5.60 Å². The molecule has 3 heteroatoms. The van der Waals surface area contributed by atoms with Crippen molar-refractivity contribution >= 4 is 5.71 Å². The van der Waals surface area contributed by atoms with Crippen LogP contribution >= 0.6 is 0 Å². The van der Waals surface area contributed by atoms with Crippen LogP contribution in [0.1, 0.15) is 56.9 Å². The van der Waals surface area contributed by atoms with Crippen LogP contribution in [-0.2, 0) is 0 Å². The molecular weight excluding hydrogens is 284 g/mol. The third-order valence-corrected chi connectivity index (χ3v) is 5.43. The molecule has 3 nitrogen and oxygen atoms in total. The van der Waals surface area contributed by atoms with Crippen molar-refractivity contribution in [3.05, 3.63) is 35.9 Å². The van der Waals surface area contributed by atoms with Gasteiger partial charge in [-0.15, -0.1) is 0 Å². The van der Waals surface area contributed by atoms with Gasteiger partial charge in [0.2, 0.25) is 0 Å². The van der Waals surface area contributed by atoms with E-state index in [1.165, 1.54) is 37.7 Å². The molecule has 1 aliphatic carbocycles. The minimum atomic E-state index is -0.587. The molecule has 3 rings (SSSR count). The van der Waals surface area contributed by atoms with Crippen molar-refractivity contribution in [2.75, 3.05) is 20.1 Å². The van der Waals surface area contributed by atoms with Crippen molar-refractivity contribution in [3.8, 4) is 0 Å². The Morgan fingerprint density at radius 2 is 1.78 bits per heavy atom. The first-order valence-corrected chi connectivity index (χ1v) is 9.18. The van der Waals surface area contributed by atoms with E-state index in [2.05, 4.69) is 36.2 Å². The lowest BCUT2D eigenvalue weighted by atomic mass is 9.84. The highest BCUT2D eigenvalue weighted by molar-refractivity contribution is 6.01. The molecule has 2 fully saturated rings. The molecule has 1 aromatic carbocycles. The Morgan fingerprint density at radius 3 is 2.43 bits per heavy atom. The zero-order valence-electron chi connectivity index (χ0n) is 14.4. The second-order valence-corrected chi connectivity index (χ2v) is 7.44. The quantitative estimate of drug-likeness (QED) is 0.861. The summed E-state index contributed by atoms with van der Waals surface area (Å²) in [4.78, 5) is 7.41. The van der Waals surface area contributed by atoms with Crippen LogP contribution in [0.5, 0.6) is 0 Å². The molecule has 0 unspecified atom stereocenters. The van der Waals surface area contributed by atoms with E-state index in [0.717, 1.165) is 31.6 Å². The Hall–Kier alpha value is -1.19. The molecule has 1 saturated heterocycles. The summed E-state index contributed by atoms with van der Waals surface area (Å²) in [5.41, 5.74) is 1.71. The summed E-state index contributed by atoms with van der Waals surface area (Å²) in [6.07, 6.45) is 8.75. The number of hydrogen-bond donors (Lipinski definition) is 1. The van der Waals surface area contributed by atoms with Crippen LogP contribution in [0.25, 0.3) is 0 Å². The molecule has 1 N–H and O–H groups in total. The van der Waals surface area contributed by atoms with E-state index >= 15 is 0 Å². The van der Waals surface area contributed by atoms with Gasteiger partial charge < -0.3 is 10.0 Å². The molecule has 1 heterocycles. The van der Waals surface area contributed by atoms with Crippen LogP contribution in [0.15, 0.2) is 35.3 Å². The molecular formula is C20H30N2O. The summed E-state index contributed by atoms with van der Waals surface area (Å²) < 4.78 is 0. The van der Waals surface area contributed by atoms with Crippen molar-refractivity contribution in [1.29, 1.82) is 0 Å². The summed E-state index contributed by atoms with van der Waals surface area (Å²) >= 11 is 0. The van der Waals surface area contributed by atoms with Gasteiger partial charge in [0.15, 0.2) is 0 Å². The standard InChI is InChI=1S/C20H30N2O/c1-22-14-12-20(23,13-15-22)16-19(17-8-4-2-5-9-17)21-18-10-6-3-7-11-18/h2,4-5,8-9,18,23H,3,6-7,10-16H2,1H3. The lowest BCUT2D eigenvalue weighted by molar-refractivity contribution is -0.00916. The number of piperidine rings is 1. The van der Waals surface area contributed by atoms with Gasteiger partial charge in [-0.3, -0.25) is 4.99 Å². The highest BCUT2D eigenvalue weighted by atomic mass is 16.3. The molecule has 2 aliphatic rings. The predicted molar refractivity (Wildman–Crippen MR) is 96.1 cm³/mol. The lowest BCUT2D eigenvalue weighted by Gasteiger charge is -2.37. The first kappa shape index (κ1) is 16.7. The van der Waals surface area contributed by atoms with Gasteiger partial charge in [-0.2, -0.15) is 0 Å². The van der Waals surface area contributed by atoms with E-state index in [1.807, 2.05) is 6.07 Å². The fraction of sp³-hybridized carbons (Fsp3) is 0.650. The lowest BCUT2D eigenvalue weighted by Crippen LogP contribution is -2.44. The van der Waals surface area contributed by atoms with Gasteiger partial charge in [0, 0.05) is 25.2 Å². The highest BCUT2D eigenvalue weighted by Crippen LogP contribution is 2.29. The third kappa shape index (κ3) is 4.65. The summed E-state index contributed by atoms with van der Waals surface area (Å²) in [5, 5.41) is 11.0. The summed E-state index contributed by atoms with van der Waals surface area (Å²) in [5.74, 6) is 0. The summed E-state index contributed by atoms with van der Waals surface area (Å²) in [6.45, 7) is 1.95. The minimum Gasteiger partial charge on any atom is -0.389 e. The maximum atomic E-state index is 11.0. The Labute approximate surface area is 140 Å². The maximum absolute atomic E-state index is 11.0. The first-order valence-electron chi connectivity index (χ1n) is 9.18. The van der Waals surface area contributed by atoms with Crippen LogP contribution < -0.4 is 0 Å². The number of hydrogen-bond acceptors (Lipinski definition) is 3. The molecule has 23 heavy (non-hydrogen) atoms. The Bertz CT molecular complexity index is 512. The molecule has 0 bridgehead atoms. The SMILES string of the molecule is CN1CCC(O)(CC(=NC2CCCCC2)c2ccccc2)CC1. The van der Waals surface area contributed by atoms with Crippen LogP contribution in [0.3, 0.4) is 0 Å². The van der Waals surface area contributed by atoms with Crippen molar-refractivity contribution in [2.45, 2.75) is 63.0 Å². The fourth-order valence-corrected chi connectivity index (χ4v) is 3.81. The van der Waals surface area contributed by atoms with Gasteiger partial charge in [-0.05, 0) is 38.3 Å². The fourth-order valence-electron chi connectivity index (χ4n) is 3.81. The average Bonchev–Trinajstić information content (AvgIpc) is 2.59. The van der Waals surface area contributed by atoms with Crippen molar-refractivity contribution in [3.63, 3.8) is 0 Å². The van der Waals surface area contributed by atoms with Crippen molar-refractivity contribution in [1.82, 2.24) is 4.90 Å². The average molecular weight is 314 g/mol. The second kappa shape index (κ2) is 7.59. The minimum absolute atomic E-state index is 0.453. The monoisotopic (exact) mass is 314 g/mol. The topological polar surface area (TPSA) is 35.8 Å². The Balaban J connectivity index is 1.79. The van der Waals surface area contributed by atoms with Crippen molar-refractivity contribution in [2.24, 2.45) is 4.99 Å². The normalized spacial score (nSPS) is 23.8. The van der Waals surface area contributed by atoms with Gasteiger partial charge in [-0.1, -0.05) is 49.6 Å². The van der Waals surface area contributed by atoms with Crippen LogP contribution in [0.2, 0.25) is 0 Å². The van der Waals surface area contributed by atoms with Gasteiger partial charge in [0.05, 0.1) is 11.6 Å². The van der Waals surface area contributed by atoms with Gasteiger partial charge in [-0.25, -0.2) is 0 Å². The molecule has 1 aromatic rings. The number of likely N-dealkylation sites (tertiary alicyclic amines) is 1. The molecule has 126 valence electrons. The van der Waals surface area contributed by atoms with Gasteiger partial charge in [0.25, 0.3) is 0 Å². The van der Waals surface area contributed by atoms with E-state index in [-0.39, 0.29) is 0 Å². The van der Waals surface area contributed by atoms with Gasteiger partial charge in [0.1, 0.15) is 0 Å². The smallest absolute Gasteiger partial charge is 0.0727 e. The molecule has 0 aromatic heterocycles. The van der Waals surface area contributed by atoms with E-state index in [0.29, 0.717) is 12.5 Å². The van der Waals surface area contributed by atoms with Gasteiger partial charge >= 0.3 is 0 Å². The zero-order valence-corrected chi connectivity index (χ0v) is 14.4. The Morgan fingerprint density at radius 1 is 1.13 bits per heavy atom. The number of aliphatic imine (C=N–C) groups is 1. The third-order valence-electron chi connectivity index (χ3n) is 5.43. The largest absolute Gasteiger partial charge is 0.389 e. The van der Waals surface area contributed by atoms with E-state index in [9.17, 15) is 5.11 Å². The van der Waals surface area contributed by atoms with Crippen molar-refractivity contribution < 1.29 is 5.11 Å². The number of benzene rings is 1. The number of nitrogens with zero attached hydrogens (tertiary/aromatic N) is 2. The molecule has 0 atom stereocenters. The molecule has 0 amide bonds. The number of rotatable bonds is 4. The Kier molecular flexibility index (Phi) is 5.50. The molecule has 1 saturated carbocycles. The summed E-state index contributed by atoms with van der Waals surface area (Å²) in [7, 11) is 2.13. The van der Waals surface area contributed by atoms with Crippen LogP contribution in [-0.4, -0.2) is 47.5 Å². The summed E-state index contributed by atoms with van der Waals surface area (Å²) in [6, 6.07) is 10.9. The van der Waals surface area contributed by atoms with Crippen LogP contribution in [0.4, 0.5) is 0 Å². The molecule has 0 radical (unpaired) electrons. The van der Waals surface area contributed by atoms with E-state index in [1.54, 1.807) is 0 Å². The predicted octanol–water partition coefficient (Wildman–Crippen LogP) is 3.66. The zero-order chi connectivity index (χ0) is 16.1. The number of aliphatic hydroxyl groups is 1. The second-order valence-electron chi connectivity index (χ2n) is 7.44. The molecule has 0 spiro atoms. The molecule has 1 aliphatic heterocycles. The highest BCUT2D eigenvalue weighted by Gasteiger charge is 2.33. The first-order chi connectivity index (χ1) is 11.1.